The summed E-state index contributed by atoms with van der Waals surface area (Å²) < 4.78 is 0. The van der Waals surface area contributed by atoms with E-state index < -0.39 is 0 Å². The summed E-state index contributed by atoms with van der Waals surface area (Å²) in [6, 6.07) is 8.30. The Labute approximate surface area is 134 Å². The summed E-state index contributed by atoms with van der Waals surface area (Å²) in [6.07, 6.45) is 1.68. The largest absolute Gasteiger partial charge is 0.351 e. The van der Waals surface area contributed by atoms with Gasteiger partial charge in [-0.2, -0.15) is 0 Å². The molecule has 6 heteroatoms. The van der Waals surface area contributed by atoms with Crippen LogP contribution in [-0.2, 0) is 0 Å². The molecule has 0 aliphatic heterocycles. The molecule has 0 radical (unpaired) electrons. The van der Waals surface area contributed by atoms with Crippen molar-refractivity contribution in [2.24, 2.45) is 0 Å². The minimum absolute atomic E-state index is 0.0211. The van der Waals surface area contributed by atoms with Crippen molar-refractivity contribution in [2.45, 2.75) is 13.8 Å². The monoisotopic (exact) mass is 310 g/mol. The average molecular weight is 310 g/mol. The van der Waals surface area contributed by atoms with Gasteiger partial charge in [-0.05, 0) is 44.2 Å². The Morgan fingerprint density at radius 1 is 1.22 bits per heavy atom. The number of ketones is 1. The van der Waals surface area contributed by atoms with E-state index in [2.05, 4.69) is 27.2 Å². The van der Waals surface area contributed by atoms with Crippen molar-refractivity contribution in [3.05, 3.63) is 59.9 Å². The predicted octanol–water partition coefficient (Wildman–Crippen LogP) is 2.84. The van der Waals surface area contributed by atoms with Crippen LogP contribution in [0.3, 0.4) is 0 Å². The normalized spacial score (nSPS) is 10.0. The lowest BCUT2D eigenvalue weighted by molar-refractivity contribution is 0.101. The third-order valence-corrected chi connectivity index (χ3v) is 3.04. The second-order valence-corrected chi connectivity index (χ2v) is 4.98. The van der Waals surface area contributed by atoms with Crippen LogP contribution in [-0.4, -0.2) is 28.2 Å². The summed E-state index contributed by atoms with van der Waals surface area (Å²) in [4.78, 5) is 31.9. The number of carbonyl (C=O) groups excluding carboxylic acids is 2. The van der Waals surface area contributed by atoms with E-state index in [-0.39, 0.29) is 17.4 Å². The molecule has 0 unspecified atom stereocenters. The second-order valence-electron chi connectivity index (χ2n) is 4.98. The molecule has 2 rings (SSSR count). The molecule has 118 valence electrons. The zero-order valence-electron chi connectivity index (χ0n) is 13.1. The minimum Gasteiger partial charge on any atom is -0.351 e. The molecular formula is C17H18N4O2. The van der Waals surface area contributed by atoms with Gasteiger partial charge >= 0.3 is 0 Å². The summed E-state index contributed by atoms with van der Waals surface area (Å²) in [5.41, 5.74) is 2.14. The molecule has 0 aliphatic rings. The first kappa shape index (κ1) is 16.4. The predicted molar refractivity (Wildman–Crippen MR) is 89.9 cm³/mol. The Morgan fingerprint density at radius 3 is 2.52 bits per heavy atom. The molecule has 0 fully saturated rings. The van der Waals surface area contributed by atoms with Gasteiger partial charge < -0.3 is 10.6 Å². The van der Waals surface area contributed by atoms with Crippen molar-refractivity contribution in [3.8, 4) is 0 Å². The summed E-state index contributed by atoms with van der Waals surface area (Å²) >= 11 is 0. The van der Waals surface area contributed by atoms with Crippen molar-refractivity contribution < 1.29 is 9.59 Å². The third kappa shape index (κ3) is 4.47. The molecule has 0 saturated carbocycles. The van der Waals surface area contributed by atoms with Crippen LogP contribution in [0, 0.1) is 6.92 Å². The van der Waals surface area contributed by atoms with Crippen molar-refractivity contribution in [1.82, 2.24) is 9.97 Å². The molecule has 1 aromatic carbocycles. The number of aryl methyl sites for hydroxylation is 1. The number of nitrogens with zero attached hydrogens (tertiary/aromatic N) is 2. The van der Waals surface area contributed by atoms with Gasteiger partial charge in [0.25, 0.3) is 5.91 Å². The number of rotatable bonds is 6. The zero-order valence-corrected chi connectivity index (χ0v) is 13.1. The molecule has 0 saturated heterocycles. The first-order chi connectivity index (χ1) is 11.0. The van der Waals surface area contributed by atoms with Crippen molar-refractivity contribution in [2.75, 3.05) is 17.2 Å². The smallest absolute Gasteiger partial charge is 0.274 e. The van der Waals surface area contributed by atoms with Gasteiger partial charge in [0.2, 0.25) is 5.95 Å². The molecule has 2 N–H and O–H groups in total. The zero-order chi connectivity index (χ0) is 16.8. The maximum absolute atomic E-state index is 12.3. The van der Waals surface area contributed by atoms with Gasteiger partial charge in [-0.3, -0.25) is 9.59 Å². The summed E-state index contributed by atoms with van der Waals surface area (Å²) in [6.45, 7) is 7.41. The number of nitrogens with one attached hydrogen (secondary N) is 2. The first-order valence-electron chi connectivity index (χ1n) is 7.12. The van der Waals surface area contributed by atoms with E-state index in [1.54, 1.807) is 43.3 Å². The Bertz CT molecular complexity index is 739. The molecule has 0 aliphatic carbocycles. The molecule has 1 aromatic heterocycles. The van der Waals surface area contributed by atoms with E-state index in [1.165, 1.54) is 6.92 Å². The Kier molecular flexibility index (Phi) is 5.19. The molecule has 23 heavy (non-hydrogen) atoms. The number of hydrogen-bond acceptors (Lipinski definition) is 5. The topological polar surface area (TPSA) is 84.0 Å². The van der Waals surface area contributed by atoms with Gasteiger partial charge in [0.15, 0.2) is 5.78 Å². The van der Waals surface area contributed by atoms with Crippen LogP contribution in [0.2, 0.25) is 0 Å². The highest BCUT2D eigenvalue weighted by molar-refractivity contribution is 6.03. The van der Waals surface area contributed by atoms with Crippen LogP contribution >= 0.6 is 0 Å². The number of carbonyl (C=O) groups is 2. The summed E-state index contributed by atoms with van der Waals surface area (Å²) in [5.74, 6) is 0.0157. The number of amides is 1. The van der Waals surface area contributed by atoms with Crippen LogP contribution in [0.25, 0.3) is 0 Å². The molecule has 6 nitrogen and oxygen atoms in total. The SMILES string of the molecule is C=CCNc1nc(C)cc(C(=O)Nc2ccc(C(C)=O)cc2)n1. The number of Topliss-reactive ketones (excluding diaryl/α,β-unsaturated/α-hetero) is 1. The first-order valence-corrected chi connectivity index (χ1v) is 7.12. The van der Waals surface area contributed by atoms with Gasteiger partial charge in [-0.25, -0.2) is 9.97 Å². The van der Waals surface area contributed by atoms with Gasteiger partial charge in [-0.1, -0.05) is 6.08 Å². The minimum atomic E-state index is -0.340. The second kappa shape index (κ2) is 7.31. The Balaban J connectivity index is 2.15. The number of benzene rings is 1. The fourth-order valence-electron chi connectivity index (χ4n) is 1.91. The van der Waals surface area contributed by atoms with Crippen LogP contribution < -0.4 is 10.6 Å². The van der Waals surface area contributed by atoms with Crippen molar-refractivity contribution >= 4 is 23.3 Å². The van der Waals surface area contributed by atoms with E-state index >= 15 is 0 Å². The number of anilines is 2. The lowest BCUT2D eigenvalue weighted by Gasteiger charge is -2.08. The fourth-order valence-corrected chi connectivity index (χ4v) is 1.91. The van der Waals surface area contributed by atoms with Crippen LogP contribution in [0.4, 0.5) is 11.6 Å². The maximum Gasteiger partial charge on any atom is 0.274 e. The lowest BCUT2D eigenvalue weighted by Crippen LogP contribution is -2.16. The van der Waals surface area contributed by atoms with Gasteiger partial charge in [0.05, 0.1) is 0 Å². The Hall–Kier alpha value is -3.02. The Morgan fingerprint density at radius 2 is 1.91 bits per heavy atom. The number of aromatic nitrogens is 2. The molecule has 1 amide bonds. The van der Waals surface area contributed by atoms with Gasteiger partial charge in [0, 0.05) is 23.5 Å². The van der Waals surface area contributed by atoms with Gasteiger partial charge in [0.1, 0.15) is 5.69 Å². The van der Waals surface area contributed by atoms with E-state index in [0.717, 1.165) is 0 Å². The molecule has 0 spiro atoms. The highest BCUT2D eigenvalue weighted by atomic mass is 16.2. The van der Waals surface area contributed by atoms with E-state index in [4.69, 9.17) is 0 Å². The van der Waals surface area contributed by atoms with Crippen LogP contribution in [0.5, 0.6) is 0 Å². The van der Waals surface area contributed by atoms with Crippen LogP contribution in [0.15, 0.2) is 43.0 Å². The average Bonchev–Trinajstić information content (AvgIpc) is 2.53. The maximum atomic E-state index is 12.3. The third-order valence-electron chi connectivity index (χ3n) is 3.04. The van der Waals surface area contributed by atoms with Crippen molar-refractivity contribution in [3.63, 3.8) is 0 Å². The molecule has 0 bridgehead atoms. The molecule has 2 aromatic rings. The lowest BCUT2D eigenvalue weighted by atomic mass is 10.1. The fraction of sp³-hybridized carbons (Fsp3) is 0.176. The van der Waals surface area contributed by atoms with E-state index in [9.17, 15) is 9.59 Å². The molecular weight excluding hydrogens is 292 g/mol. The van der Waals surface area contributed by atoms with Gasteiger partial charge in [-0.15, -0.1) is 6.58 Å². The standard InChI is InChI=1S/C17H18N4O2/c1-4-9-18-17-19-11(2)10-15(21-17)16(23)20-14-7-5-13(6-8-14)12(3)22/h4-8,10H,1,9H2,2-3H3,(H,20,23)(H,18,19,21). The summed E-state index contributed by atoms with van der Waals surface area (Å²) in [7, 11) is 0. The van der Waals surface area contributed by atoms with E-state index in [0.29, 0.717) is 29.4 Å². The molecule has 0 atom stereocenters. The highest BCUT2D eigenvalue weighted by Gasteiger charge is 2.11. The highest BCUT2D eigenvalue weighted by Crippen LogP contribution is 2.12. The number of hydrogen-bond donors (Lipinski definition) is 2. The van der Waals surface area contributed by atoms with Crippen LogP contribution in [0.1, 0.15) is 33.5 Å². The van der Waals surface area contributed by atoms with E-state index in [1.807, 2.05) is 0 Å². The summed E-state index contributed by atoms with van der Waals surface area (Å²) in [5, 5.41) is 5.70. The quantitative estimate of drug-likeness (QED) is 0.633. The van der Waals surface area contributed by atoms with Crippen molar-refractivity contribution in [1.29, 1.82) is 0 Å². The molecule has 1 heterocycles.